The lowest BCUT2D eigenvalue weighted by Crippen LogP contribution is -2.35. The van der Waals surface area contributed by atoms with Gasteiger partial charge in [-0.15, -0.1) is 5.10 Å². The fraction of sp³-hybridized carbons (Fsp3) is 0.611. The van der Waals surface area contributed by atoms with Crippen LogP contribution in [0.3, 0.4) is 0 Å². The van der Waals surface area contributed by atoms with Crippen molar-refractivity contribution in [1.82, 2.24) is 25.1 Å². The van der Waals surface area contributed by atoms with E-state index in [2.05, 4.69) is 65.5 Å². The molecule has 0 N–H and O–H groups in total. The van der Waals surface area contributed by atoms with Gasteiger partial charge in [-0.25, -0.2) is 4.68 Å². The van der Waals surface area contributed by atoms with Crippen molar-refractivity contribution >= 4 is 0 Å². The summed E-state index contributed by atoms with van der Waals surface area (Å²) < 4.78 is 7.17. The molecule has 24 heavy (non-hydrogen) atoms. The molecule has 1 aliphatic heterocycles. The number of rotatable bonds is 4. The summed E-state index contributed by atoms with van der Waals surface area (Å²) in [5.74, 6) is 2.50. The third-order valence-electron chi connectivity index (χ3n) is 4.71. The van der Waals surface area contributed by atoms with Crippen LogP contribution in [0.2, 0.25) is 0 Å². The third-order valence-corrected chi connectivity index (χ3v) is 4.71. The molecular weight excluding hydrogens is 302 g/mol. The van der Waals surface area contributed by atoms with E-state index < -0.39 is 0 Å². The first kappa shape index (κ1) is 16.9. The SMILES string of the molecule is COc1ccc(C2CCN(Cc3nnnn3C(C)(C)C)CC2)cc1. The van der Waals surface area contributed by atoms with E-state index in [0.717, 1.165) is 31.2 Å². The number of ether oxygens (including phenoxy) is 1. The zero-order valence-corrected chi connectivity index (χ0v) is 15.1. The molecule has 0 unspecified atom stereocenters. The Balaban J connectivity index is 1.58. The van der Waals surface area contributed by atoms with Crippen LogP contribution in [-0.4, -0.2) is 45.3 Å². The van der Waals surface area contributed by atoms with Crippen molar-refractivity contribution in [1.29, 1.82) is 0 Å². The van der Waals surface area contributed by atoms with E-state index in [0.29, 0.717) is 5.92 Å². The van der Waals surface area contributed by atoms with Crippen LogP contribution in [0.1, 0.15) is 50.9 Å². The van der Waals surface area contributed by atoms with Crippen LogP contribution >= 0.6 is 0 Å². The standard InChI is InChI=1S/C18H27N5O/c1-18(2,3)23-17(19-20-21-23)13-22-11-9-15(10-12-22)14-5-7-16(24-4)8-6-14/h5-8,15H,9-13H2,1-4H3. The zero-order valence-electron chi connectivity index (χ0n) is 15.1. The Labute approximate surface area is 143 Å². The predicted molar refractivity (Wildman–Crippen MR) is 93.1 cm³/mol. The Morgan fingerprint density at radius 2 is 1.79 bits per heavy atom. The van der Waals surface area contributed by atoms with Gasteiger partial charge in [-0.2, -0.15) is 0 Å². The molecule has 2 heterocycles. The molecule has 3 rings (SSSR count). The maximum atomic E-state index is 5.24. The zero-order chi connectivity index (χ0) is 17.2. The van der Waals surface area contributed by atoms with Gasteiger partial charge in [0.05, 0.1) is 19.2 Å². The van der Waals surface area contributed by atoms with Crippen LogP contribution in [0, 0.1) is 0 Å². The number of tetrazole rings is 1. The van der Waals surface area contributed by atoms with E-state index >= 15 is 0 Å². The van der Waals surface area contributed by atoms with Crippen molar-refractivity contribution in [2.45, 2.75) is 51.6 Å². The van der Waals surface area contributed by atoms with Crippen LogP contribution in [0.25, 0.3) is 0 Å². The molecule has 0 radical (unpaired) electrons. The summed E-state index contributed by atoms with van der Waals surface area (Å²) in [6.45, 7) is 9.36. The molecule has 0 saturated carbocycles. The lowest BCUT2D eigenvalue weighted by molar-refractivity contribution is 0.190. The first-order valence-electron chi connectivity index (χ1n) is 8.61. The topological polar surface area (TPSA) is 56.1 Å². The van der Waals surface area contributed by atoms with E-state index in [1.807, 2.05) is 4.68 Å². The van der Waals surface area contributed by atoms with Crippen molar-refractivity contribution in [3.8, 4) is 5.75 Å². The van der Waals surface area contributed by atoms with Crippen LogP contribution in [0.15, 0.2) is 24.3 Å². The summed E-state index contributed by atoms with van der Waals surface area (Å²) in [7, 11) is 1.71. The lowest BCUT2D eigenvalue weighted by Gasteiger charge is -2.32. The van der Waals surface area contributed by atoms with Crippen molar-refractivity contribution in [3.05, 3.63) is 35.7 Å². The lowest BCUT2D eigenvalue weighted by atomic mass is 9.89. The monoisotopic (exact) mass is 329 g/mol. The minimum absolute atomic E-state index is 0.0831. The van der Waals surface area contributed by atoms with Crippen LogP contribution in [-0.2, 0) is 12.1 Å². The van der Waals surface area contributed by atoms with Gasteiger partial charge in [-0.3, -0.25) is 4.90 Å². The molecule has 6 nitrogen and oxygen atoms in total. The quantitative estimate of drug-likeness (QED) is 0.863. The Hall–Kier alpha value is -1.95. The van der Waals surface area contributed by atoms with Gasteiger partial charge >= 0.3 is 0 Å². The van der Waals surface area contributed by atoms with Crippen molar-refractivity contribution < 1.29 is 4.74 Å². The molecule has 1 aromatic heterocycles. The molecule has 130 valence electrons. The highest BCUT2D eigenvalue weighted by Crippen LogP contribution is 2.29. The molecule has 1 saturated heterocycles. The number of likely N-dealkylation sites (tertiary alicyclic amines) is 1. The van der Waals surface area contributed by atoms with Crippen molar-refractivity contribution in [3.63, 3.8) is 0 Å². The van der Waals surface area contributed by atoms with Gasteiger partial charge in [0.25, 0.3) is 0 Å². The summed E-state index contributed by atoms with van der Waals surface area (Å²) in [4.78, 5) is 2.45. The number of aromatic nitrogens is 4. The third kappa shape index (κ3) is 3.75. The molecule has 1 fully saturated rings. The fourth-order valence-electron chi connectivity index (χ4n) is 3.33. The van der Waals surface area contributed by atoms with Crippen LogP contribution in [0.4, 0.5) is 0 Å². The van der Waals surface area contributed by atoms with Gasteiger partial charge in [0.1, 0.15) is 5.75 Å². The van der Waals surface area contributed by atoms with Gasteiger partial charge < -0.3 is 4.74 Å². The molecule has 2 aromatic rings. The second-order valence-electron chi connectivity index (χ2n) is 7.50. The van der Waals surface area contributed by atoms with E-state index in [-0.39, 0.29) is 5.54 Å². The van der Waals surface area contributed by atoms with Gasteiger partial charge in [0.2, 0.25) is 0 Å². The summed E-state index contributed by atoms with van der Waals surface area (Å²) >= 11 is 0. The Morgan fingerprint density at radius 3 is 2.38 bits per heavy atom. The summed E-state index contributed by atoms with van der Waals surface area (Å²) in [6.07, 6.45) is 2.34. The van der Waals surface area contributed by atoms with Gasteiger partial charge in [0, 0.05) is 0 Å². The first-order chi connectivity index (χ1) is 11.5. The first-order valence-corrected chi connectivity index (χ1v) is 8.61. The second kappa shape index (κ2) is 6.89. The molecule has 0 amide bonds. The Bertz CT molecular complexity index is 651. The number of hydrogen-bond acceptors (Lipinski definition) is 5. The Morgan fingerprint density at radius 1 is 1.12 bits per heavy atom. The molecular formula is C18H27N5O. The van der Waals surface area contributed by atoms with E-state index in [9.17, 15) is 0 Å². The summed E-state index contributed by atoms with van der Waals surface area (Å²) in [5, 5.41) is 12.2. The normalized spacial score (nSPS) is 17.2. The molecule has 6 heteroatoms. The number of benzene rings is 1. The van der Waals surface area contributed by atoms with Gasteiger partial charge in [-0.05, 0) is 80.7 Å². The second-order valence-corrected chi connectivity index (χ2v) is 7.50. The maximum Gasteiger partial charge on any atom is 0.165 e. The summed E-state index contributed by atoms with van der Waals surface area (Å²) in [5.41, 5.74) is 1.33. The van der Waals surface area contributed by atoms with Crippen LogP contribution < -0.4 is 4.74 Å². The number of hydrogen-bond donors (Lipinski definition) is 0. The van der Waals surface area contributed by atoms with E-state index in [1.165, 1.54) is 18.4 Å². The average molecular weight is 329 g/mol. The van der Waals surface area contributed by atoms with Crippen molar-refractivity contribution in [2.75, 3.05) is 20.2 Å². The molecule has 1 aliphatic rings. The van der Waals surface area contributed by atoms with Gasteiger partial charge in [0.15, 0.2) is 5.82 Å². The number of piperidine rings is 1. The maximum absolute atomic E-state index is 5.24. The highest BCUT2D eigenvalue weighted by Gasteiger charge is 2.25. The highest BCUT2D eigenvalue weighted by atomic mass is 16.5. The van der Waals surface area contributed by atoms with Crippen molar-refractivity contribution in [2.24, 2.45) is 0 Å². The fourth-order valence-corrected chi connectivity index (χ4v) is 3.33. The Kier molecular flexibility index (Phi) is 4.85. The molecule has 0 bridgehead atoms. The largest absolute Gasteiger partial charge is 0.497 e. The highest BCUT2D eigenvalue weighted by molar-refractivity contribution is 5.29. The average Bonchev–Trinajstić information content (AvgIpc) is 3.04. The van der Waals surface area contributed by atoms with E-state index in [4.69, 9.17) is 4.74 Å². The smallest absolute Gasteiger partial charge is 0.165 e. The van der Waals surface area contributed by atoms with E-state index in [1.54, 1.807) is 7.11 Å². The van der Waals surface area contributed by atoms with Gasteiger partial charge in [-0.1, -0.05) is 12.1 Å². The predicted octanol–water partition coefficient (Wildman–Crippen LogP) is 2.82. The molecule has 0 spiro atoms. The molecule has 0 atom stereocenters. The number of methoxy groups -OCH3 is 1. The minimum atomic E-state index is -0.0831. The number of nitrogens with zero attached hydrogens (tertiary/aromatic N) is 5. The molecule has 0 aliphatic carbocycles. The minimum Gasteiger partial charge on any atom is -0.497 e. The summed E-state index contributed by atoms with van der Waals surface area (Å²) in [6, 6.07) is 8.50. The molecule has 1 aromatic carbocycles. The van der Waals surface area contributed by atoms with Crippen LogP contribution in [0.5, 0.6) is 5.75 Å².